The third-order valence-electron chi connectivity index (χ3n) is 2.11. The molecule has 0 fully saturated rings. The summed E-state index contributed by atoms with van der Waals surface area (Å²) in [6.45, 7) is 4.01. The van der Waals surface area contributed by atoms with Crippen LogP contribution in [0.5, 0.6) is 0 Å². The van der Waals surface area contributed by atoms with Crippen LogP contribution < -0.4 is 0 Å². The number of carbonyl (C=O) groups is 1. The predicted octanol–water partition coefficient (Wildman–Crippen LogP) is 2.65. The first kappa shape index (κ1) is 10.5. The highest BCUT2D eigenvalue weighted by atomic mass is 16.1. The zero-order valence-corrected chi connectivity index (χ0v) is 8.50. The van der Waals surface area contributed by atoms with E-state index in [1.807, 2.05) is 32.0 Å². The lowest BCUT2D eigenvalue weighted by Gasteiger charge is -2.03. The molecule has 0 aromatic heterocycles. The fraction of sp³-hybridized carbons (Fsp3) is 0.333. The summed E-state index contributed by atoms with van der Waals surface area (Å²) in [5.41, 5.74) is 2.88. The molecule has 0 saturated heterocycles. The second-order valence-corrected chi connectivity index (χ2v) is 3.32. The number of carbonyl (C=O) groups excluding carboxylic acids is 1. The van der Waals surface area contributed by atoms with Gasteiger partial charge in [-0.1, -0.05) is 18.6 Å². The molecule has 0 N–H and O–H groups in total. The molecule has 0 spiro atoms. The average molecular weight is 187 g/mol. The van der Waals surface area contributed by atoms with Crippen molar-refractivity contribution in [3.63, 3.8) is 0 Å². The predicted molar refractivity (Wildman–Crippen MR) is 55.1 cm³/mol. The van der Waals surface area contributed by atoms with Gasteiger partial charge in [-0.2, -0.15) is 5.26 Å². The molecule has 0 saturated carbocycles. The van der Waals surface area contributed by atoms with Crippen molar-refractivity contribution in [2.75, 3.05) is 0 Å². The number of nitriles is 1. The topological polar surface area (TPSA) is 40.9 Å². The Balaban J connectivity index is 3.04. The van der Waals surface area contributed by atoms with Crippen molar-refractivity contribution in [1.82, 2.24) is 0 Å². The van der Waals surface area contributed by atoms with Gasteiger partial charge < -0.3 is 0 Å². The van der Waals surface area contributed by atoms with E-state index >= 15 is 0 Å². The van der Waals surface area contributed by atoms with Gasteiger partial charge in [0.05, 0.1) is 12.5 Å². The molecule has 0 amide bonds. The normalized spacial score (nSPS) is 9.50. The summed E-state index contributed by atoms with van der Waals surface area (Å²) in [6.07, 6.45) is 0.876. The second kappa shape index (κ2) is 4.57. The van der Waals surface area contributed by atoms with E-state index in [0.717, 1.165) is 17.5 Å². The van der Waals surface area contributed by atoms with Crippen LogP contribution in [0.4, 0.5) is 0 Å². The molecule has 0 aliphatic rings. The third-order valence-corrected chi connectivity index (χ3v) is 2.11. The van der Waals surface area contributed by atoms with E-state index in [0.29, 0.717) is 5.56 Å². The van der Waals surface area contributed by atoms with Crippen molar-refractivity contribution in [2.24, 2.45) is 0 Å². The van der Waals surface area contributed by atoms with Crippen LogP contribution in [0.3, 0.4) is 0 Å². The van der Waals surface area contributed by atoms with Gasteiger partial charge in [0, 0.05) is 5.56 Å². The first-order valence-corrected chi connectivity index (χ1v) is 4.68. The third kappa shape index (κ3) is 2.43. The molecule has 0 atom stereocenters. The number of ketones is 1. The lowest BCUT2D eigenvalue weighted by molar-refractivity contribution is 0.0997. The maximum absolute atomic E-state index is 11.4. The fourth-order valence-electron chi connectivity index (χ4n) is 1.40. The summed E-state index contributed by atoms with van der Waals surface area (Å²) in [5.74, 6) is -0.0918. The van der Waals surface area contributed by atoms with Crippen LogP contribution >= 0.6 is 0 Å². The molecule has 14 heavy (non-hydrogen) atoms. The lowest BCUT2D eigenvalue weighted by Crippen LogP contribution is -1.99. The zero-order valence-electron chi connectivity index (χ0n) is 8.50. The largest absolute Gasteiger partial charge is 0.293 e. The minimum absolute atomic E-state index is 0.0351. The van der Waals surface area contributed by atoms with Crippen molar-refractivity contribution in [3.05, 3.63) is 34.9 Å². The highest BCUT2D eigenvalue weighted by Gasteiger charge is 2.06. The van der Waals surface area contributed by atoms with E-state index in [9.17, 15) is 4.79 Å². The molecular formula is C12H13NO. The van der Waals surface area contributed by atoms with Crippen molar-refractivity contribution in [2.45, 2.75) is 26.7 Å². The smallest absolute Gasteiger partial charge is 0.176 e. The molecule has 0 unspecified atom stereocenters. The van der Waals surface area contributed by atoms with Crippen molar-refractivity contribution in [3.8, 4) is 6.07 Å². The molecule has 0 radical (unpaired) electrons. The summed E-state index contributed by atoms with van der Waals surface area (Å²) in [4.78, 5) is 11.4. The maximum Gasteiger partial charge on any atom is 0.176 e. The lowest BCUT2D eigenvalue weighted by atomic mass is 10.0. The summed E-state index contributed by atoms with van der Waals surface area (Å²) >= 11 is 0. The first-order valence-electron chi connectivity index (χ1n) is 4.68. The summed E-state index contributed by atoms with van der Waals surface area (Å²) < 4.78 is 0. The SMILES string of the molecule is CCc1cc(C)cc(C(=O)CC#N)c1. The molecule has 0 heterocycles. The minimum atomic E-state index is -0.0918. The number of nitrogens with zero attached hydrogens (tertiary/aromatic N) is 1. The quantitative estimate of drug-likeness (QED) is 0.682. The Morgan fingerprint density at radius 3 is 2.71 bits per heavy atom. The van der Waals surface area contributed by atoms with Gasteiger partial charge in [-0.15, -0.1) is 0 Å². The van der Waals surface area contributed by atoms with Crippen molar-refractivity contribution < 1.29 is 4.79 Å². The Labute approximate surface area is 84.2 Å². The fourth-order valence-corrected chi connectivity index (χ4v) is 1.40. The Kier molecular flexibility index (Phi) is 3.41. The molecule has 1 aromatic carbocycles. The zero-order chi connectivity index (χ0) is 10.6. The molecule has 1 rings (SSSR count). The van der Waals surface area contributed by atoms with E-state index < -0.39 is 0 Å². The molecular weight excluding hydrogens is 174 g/mol. The highest BCUT2D eigenvalue weighted by molar-refractivity contribution is 5.97. The number of benzene rings is 1. The van der Waals surface area contributed by atoms with Gasteiger partial charge in [-0.05, 0) is 31.0 Å². The number of aryl methyl sites for hydroxylation is 2. The number of rotatable bonds is 3. The van der Waals surface area contributed by atoms with Crippen LogP contribution in [0.1, 0.15) is 34.8 Å². The monoisotopic (exact) mass is 187 g/mol. The molecule has 0 aliphatic carbocycles. The average Bonchev–Trinajstić information content (AvgIpc) is 2.17. The molecule has 2 nitrogen and oxygen atoms in total. The molecule has 0 bridgehead atoms. The van der Waals surface area contributed by atoms with Crippen LogP contribution in [0.25, 0.3) is 0 Å². The minimum Gasteiger partial charge on any atom is -0.293 e. The van der Waals surface area contributed by atoms with E-state index in [1.165, 1.54) is 0 Å². The summed E-state index contributed by atoms with van der Waals surface area (Å²) in [7, 11) is 0. The van der Waals surface area contributed by atoms with Gasteiger partial charge in [-0.25, -0.2) is 0 Å². The van der Waals surface area contributed by atoms with E-state index in [2.05, 4.69) is 6.07 Å². The maximum atomic E-state index is 11.4. The van der Waals surface area contributed by atoms with E-state index in [4.69, 9.17) is 5.26 Å². The Morgan fingerprint density at radius 2 is 2.14 bits per heavy atom. The Morgan fingerprint density at radius 1 is 1.43 bits per heavy atom. The molecule has 0 aliphatic heterocycles. The first-order chi connectivity index (χ1) is 6.67. The Bertz CT molecular complexity index is 388. The van der Waals surface area contributed by atoms with Crippen molar-refractivity contribution >= 4 is 5.78 Å². The summed E-state index contributed by atoms with van der Waals surface area (Å²) in [6, 6.07) is 7.63. The van der Waals surface area contributed by atoms with Crippen LogP contribution in [0.2, 0.25) is 0 Å². The molecule has 2 heteroatoms. The number of Topliss-reactive ketones (excluding diaryl/α,β-unsaturated/α-hetero) is 1. The molecule has 1 aromatic rings. The summed E-state index contributed by atoms with van der Waals surface area (Å²) in [5, 5.41) is 8.42. The van der Waals surface area contributed by atoms with Gasteiger partial charge in [0.1, 0.15) is 0 Å². The van der Waals surface area contributed by atoms with E-state index in [-0.39, 0.29) is 12.2 Å². The van der Waals surface area contributed by atoms with Crippen LogP contribution in [0, 0.1) is 18.3 Å². The standard InChI is InChI=1S/C12H13NO/c1-3-10-6-9(2)7-11(8-10)12(14)4-5-13/h6-8H,3-4H2,1-2H3. The van der Waals surface area contributed by atoms with Gasteiger partial charge in [0.15, 0.2) is 5.78 Å². The van der Waals surface area contributed by atoms with Gasteiger partial charge in [-0.3, -0.25) is 4.79 Å². The van der Waals surface area contributed by atoms with Crippen LogP contribution in [-0.4, -0.2) is 5.78 Å². The number of hydrogen-bond acceptors (Lipinski definition) is 2. The second-order valence-electron chi connectivity index (χ2n) is 3.32. The van der Waals surface area contributed by atoms with Gasteiger partial charge in [0.25, 0.3) is 0 Å². The van der Waals surface area contributed by atoms with Gasteiger partial charge >= 0.3 is 0 Å². The Hall–Kier alpha value is -1.62. The van der Waals surface area contributed by atoms with Crippen LogP contribution in [0.15, 0.2) is 18.2 Å². The number of hydrogen-bond donors (Lipinski definition) is 0. The van der Waals surface area contributed by atoms with E-state index in [1.54, 1.807) is 0 Å². The van der Waals surface area contributed by atoms with Crippen LogP contribution in [-0.2, 0) is 6.42 Å². The molecule has 72 valence electrons. The highest BCUT2D eigenvalue weighted by Crippen LogP contribution is 2.12. The van der Waals surface area contributed by atoms with Crippen molar-refractivity contribution in [1.29, 1.82) is 5.26 Å². The van der Waals surface area contributed by atoms with Gasteiger partial charge in [0.2, 0.25) is 0 Å².